The molecule has 1 aliphatic heterocycles. The number of hydrogen-bond acceptors (Lipinski definition) is 5. The first-order valence-corrected chi connectivity index (χ1v) is 9.86. The minimum Gasteiger partial charge on any atom is -0.504 e. The zero-order chi connectivity index (χ0) is 21.5. The Bertz CT molecular complexity index is 1360. The Morgan fingerprint density at radius 3 is 2.52 bits per heavy atom. The number of methoxy groups -OCH3 is 1. The molecule has 0 unspecified atom stereocenters. The van der Waals surface area contributed by atoms with Gasteiger partial charge in [0.25, 0.3) is 5.91 Å². The number of aromatic hydroxyl groups is 1. The highest BCUT2D eigenvalue weighted by Crippen LogP contribution is 2.41. The van der Waals surface area contributed by atoms with Gasteiger partial charge in [-0.05, 0) is 35.4 Å². The van der Waals surface area contributed by atoms with Crippen molar-refractivity contribution in [2.24, 2.45) is 0 Å². The second kappa shape index (κ2) is 7.32. The number of hydrogen-bond donors (Lipinski definition) is 1. The lowest BCUT2D eigenvalue weighted by atomic mass is 9.98. The number of fused-ring (bicyclic) bond motifs is 2. The van der Waals surface area contributed by atoms with Crippen LogP contribution >= 0.6 is 0 Å². The number of amides is 1. The van der Waals surface area contributed by atoms with E-state index in [1.807, 2.05) is 30.3 Å². The van der Waals surface area contributed by atoms with Gasteiger partial charge in [-0.15, -0.1) is 0 Å². The fraction of sp³-hybridized carbons (Fsp3) is 0.120. The number of benzene rings is 3. The lowest BCUT2D eigenvalue weighted by Crippen LogP contribution is -2.29. The van der Waals surface area contributed by atoms with E-state index in [2.05, 4.69) is 0 Å². The molecule has 6 heteroatoms. The molecule has 0 saturated heterocycles. The molecule has 0 saturated carbocycles. The average Bonchev–Trinajstić information content (AvgIpc) is 3.07. The van der Waals surface area contributed by atoms with Gasteiger partial charge in [0, 0.05) is 6.54 Å². The van der Waals surface area contributed by atoms with Crippen LogP contribution in [-0.4, -0.2) is 23.0 Å². The van der Waals surface area contributed by atoms with E-state index in [1.165, 1.54) is 13.2 Å². The number of para-hydroxylation sites is 1. The van der Waals surface area contributed by atoms with Crippen LogP contribution in [0.4, 0.5) is 0 Å². The third kappa shape index (κ3) is 3.04. The zero-order valence-corrected chi connectivity index (χ0v) is 16.7. The minimum absolute atomic E-state index is 0.0176. The van der Waals surface area contributed by atoms with Crippen molar-refractivity contribution in [1.82, 2.24) is 4.90 Å². The van der Waals surface area contributed by atoms with Crippen molar-refractivity contribution >= 4 is 16.9 Å². The van der Waals surface area contributed by atoms with Gasteiger partial charge in [0.05, 0.1) is 24.1 Å². The van der Waals surface area contributed by atoms with Crippen molar-refractivity contribution in [2.75, 3.05) is 7.11 Å². The van der Waals surface area contributed by atoms with Gasteiger partial charge in [-0.1, -0.05) is 48.5 Å². The number of carbonyl (C=O) groups excluding carboxylic acids is 1. The molecule has 0 bridgehead atoms. The largest absolute Gasteiger partial charge is 0.504 e. The first-order valence-electron chi connectivity index (χ1n) is 9.86. The molecule has 1 N–H and O–H groups in total. The van der Waals surface area contributed by atoms with Gasteiger partial charge in [0.1, 0.15) is 5.58 Å². The summed E-state index contributed by atoms with van der Waals surface area (Å²) in [7, 11) is 1.45. The topological polar surface area (TPSA) is 80.0 Å². The van der Waals surface area contributed by atoms with Crippen LogP contribution in [0.2, 0.25) is 0 Å². The SMILES string of the molecule is COc1cc([C@H]2c3c(oc4ccccc4c3=O)C(=O)N2Cc2ccccc2)ccc1O. The van der Waals surface area contributed by atoms with Crippen molar-refractivity contribution < 1.29 is 19.1 Å². The van der Waals surface area contributed by atoms with E-state index < -0.39 is 6.04 Å². The van der Waals surface area contributed by atoms with Crippen molar-refractivity contribution in [3.63, 3.8) is 0 Å². The molecule has 0 spiro atoms. The van der Waals surface area contributed by atoms with Crippen LogP contribution in [0.25, 0.3) is 11.0 Å². The van der Waals surface area contributed by atoms with Crippen molar-refractivity contribution in [1.29, 1.82) is 0 Å². The van der Waals surface area contributed by atoms with E-state index in [9.17, 15) is 14.7 Å². The Balaban J connectivity index is 1.74. The van der Waals surface area contributed by atoms with Crippen molar-refractivity contribution in [2.45, 2.75) is 12.6 Å². The summed E-state index contributed by atoms with van der Waals surface area (Å²) in [6.45, 7) is 0.299. The predicted molar refractivity (Wildman–Crippen MR) is 115 cm³/mol. The molecule has 4 aromatic rings. The Morgan fingerprint density at radius 1 is 1.00 bits per heavy atom. The van der Waals surface area contributed by atoms with E-state index in [0.29, 0.717) is 28.6 Å². The number of phenolic OH excluding ortho intramolecular Hbond substituents is 1. The second-order valence-corrected chi connectivity index (χ2v) is 7.42. The summed E-state index contributed by atoms with van der Waals surface area (Å²) >= 11 is 0. The van der Waals surface area contributed by atoms with Crippen LogP contribution in [0.5, 0.6) is 11.5 Å². The summed E-state index contributed by atoms with van der Waals surface area (Å²) in [4.78, 5) is 28.5. The van der Waals surface area contributed by atoms with Gasteiger partial charge in [-0.3, -0.25) is 9.59 Å². The molecule has 5 rings (SSSR count). The van der Waals surface area contributed by atoms with Gasteiger partial charge in [-0.2, -0.15) is 0 Å². The Labute approximate surface area is 177 Å². The maximum atomic E-state index is 13.4. The van der Waals surface area contributed by atoms with E-state index in [4.69, 9.17) is 9.15 Å². The molecule has 1 aliphatic rings. The lowest BCUT2D eigenvalue weighted by molar-refractivity contribution is 0.0714. The number of ether oxygens (including phenoxy) is 1. The number of rotatable bonds is 4. The summed E-state index contributed by atoms with van der Waals surface area (Å²) in [5.74, 6) is -0.0467. The van der Waals surface area contributed by atoms with Gasteiger partial charge >= 0.3 is 0 Å². The van der Waals surface area contributed by atoms with Gasteiger partial charge < -0.3 is 19.2 Å². The molecule has 0 radical (unpaired) electrons. The summed E-state index contributed by atoms with van der Waals surface area (Å²) in [5.41, 5.74) is 2.02. The van der Waals surface area contributed by atoms with Crippen LogP contribution in [-0.2, 0) is 6.54 Å². The molecule has 154 valence electrons. The lowest BCUT2D eigenvalue weighted by Gasteiger charge is -2.25. The first kappa shape index (κ1) is 18.9. The Kier molecular flexibility index (Phi) is 4.47. The third-order valence-corrected chi connectivity index (χ3v) is 5.59. The van der Waals surface area contributed by atoms with E-state index >= 15 is 0 Å². The van der Waals surface area contributed by atoms with Gasteiger partial charge in [0.2, 0.25) is 5.76 Å². The van der Waals surface area contributed by atoms with Crippen LogP contribution in [0.3, 0.4) is 0 Å². The molecule has 31 heavy (non-hydrogen) atoms. The maximum absolute atomic E-state index is 13.4. The Hall–Kier alpha value is -4.06. The quantitative estimate of drug-likeness (QED) is 0.541. The molecular formula is C25H19NO5. The van der Waals surface area contributed by atoms with E-state index in [-0.39, 0.29) is 28.6 Å². The summed E-state index contributed by atoms with van der Waals surface area (Å²) in [6, 6.07) is 20.6. The van der Waals surface area contributed by atoms with Gasteiger partial charge in [-0.25, -0.2) is 0 Å². The average molecular weight is 413 g/mol. The molecule has 0 aliphatic carbocycles. The summed E-state index contributed by atoms with van der Waals surface area (Å²) in [5, 5.41) is 10.5. The minimum atomic E-state index is -0.668. The monoisotopic (exact) mass is 413 g/mol. The van der Waals surface area contributed by atoms with Gasteiger partial charge in [0.15, 0.2) is 16.9 Å². The fourth-order valence-electron chi connectivity index (χ4n) is 4.12. The van der Waals surface area contributed by atoms with Crippen LogP contribution in [0, 0.1) is 0 Å². The van der Waals surface area contributed by atoms with Crippen LogP contribution < -0.4 is 10.2 Å². The predicted octanol–water partition coefficient (Wildman–Crippen LogP) is 4.25. The molecule has 0 fully saturated rings. The molecular weight excluding hydrogens is 394 g/mol. The normalized spacial score (nSPS) is 15.3. The zero-order valence-electron chi connectivity index (χ0n) is 16.7. The number of carbonyl (C=O) groups is 1. The molecule has 1 aromatic heterocycles. The molecule has 6 nitrogen and oxygen atoms in total. The summed E-state index contributed by atoms with van der Waals surface area (Å²) in [6.07, 6.45) is 0. The second-order valence-electron chi connectivity index (χ2n) is 7.42. The Morgan fingerprint density at radius 2 is 1.74 bits per heavy atom. The van der Waals surface area contributed by atoms with Crippen LogP contribution in [0.1, 0.15) is 33.3 Å². The van der Waals surface area contributed by atoms with Crippen molar-refractivity contribution in [3.8, 4) is 11.5 Å². The highest BCUT2D eigenvalue weighted by Gasteiger charge is 2.42. The third-order valence-electron chi connectivity index (χ3n) is 5.59. The van der Waals surface area contributed by atoms with Crippen LogP contribution in [0.15, 0.2) is 82.0 Å². The molecule has 3 aromatic carbocycles. The molecule has 1 atom stereocenters. The fourth-order valence-corrected chi connectivity index (χ4v) is 4.12. The summed E-state index contributed by atoms with van der Waals surface area (Å²) < 4.78 is 11.2. The number of phenols is 1. The first-order chi connectivity index (χ1) is 15.1. The van der Waals surface area contributed by atoms with E-state index in [1.54, 1.807) is 41.3 Å². The maximum Gasteiger partial charge on any atom is 0.291 e. The number of nitrogens with zero attached hydrogens (tertiary/aromatic N) is 1. The molecule has 1 amide bonds. The highest BCUT2D eigenvalue weighted by molar-refractivity contribution is 5.99. The smallest absolute Gasteiger partial charge is 0.291 e. The standard InChI is InChI=1S/C25H19NO5/c1-30-20-13-16(11-12-18(20)27)22-21-23(28)17-9-5-6-10-19(17)31-24(21)25(29)26(22)14-15-7-3-2-4-8-15/h2-13,22,27H,14H2,1H3/t22-/m0/s1. The van der Waals surface area contributed by atoms with E-state index in [0.717, 1.165) is 5.56 Å². The van der Waals surface area contributed by atoms with Crippen molar-refractivity contribution in [3.05, 3.63) is 105 Å². The highest BCUT2D eigenvalue weighted by atomic mass is 16.5. The molecule has 2 heterocycles.